The molecule has 0 aromatic heterocycles. The van der Waals surface area contributed by atoms with E-state index in [2.05, 4.69) is 17.1 Å². The molecule has 1 fully saturated rings. The number of benzene rings is 1. The van der Waals surface area contributed by atoms with E-state index in [-0.39, 0.29) is 0 Å². The van der Waals surface area contributed by atoms with Gasteiger partial charge in [-0.1, -0.05) is 18.2 Å². The van der Waals surface area contributed by atoms with Gasteiger partial charge in [0.15, 0.2) is 0 Å². The number of ether oxygens (including phenoxy) is 1. The van der Waals surface area contributed by atoms with Crippen molar-refractivity contribution < 1.29 is 4.74 Å². The Balaban J connectivity index is 1.73. The smallest absolute Gasteiger partial charge is 0.119 e. The molecule has 0 amide bonds. The first-order chi connectivity index (χ1) is 8.36. The molecule has 1 heterocycles. The van der Waals surface area contributed by atoms with Crippen LogP contribution < -0.4 is 10.1 Å². The Labute approximate surface area is 104 Å². The van der Waals surface area contributed by atoms with Crippen LogP contribution in [0.3, 0.4) is 0 Å². The molecule has 94 valence electrons. The largest absolute Gasteiger partial charge is 0.492 e. The van der Waals surface area contributed by atoms with Crippen molar-refractivity contribution in [3.8, 4) is 5.75 Å². The Morgan fingerprint density at radius 3 is 3.00 bits per heavy atom. The number of hydrogen-bond donors (Lipinski definition) is 1. The quantitative estimate of drug-likeness (QED) is 0.859. The summed E-state index contributed by atoms with van der Waals surface area (Å²) in [7, 11) is 0. The Morgan fingerprint density at radius 2 is 2.18 bits per heavy atom. The molecule has 1 N–H and O–H groups in total. The lowest BCUT2D eigenvalue weighted by Gasteiger charge is -2.26. The van der Waals surface area contributed by atoms with Gasteiger partial charge in [0.2, 0.25) is 0 Å². The Hall–Kier alpha value is -1.06. The molecular formula is C14H22N2O. The summed E-state index contributed by atoms with van der Waals surface area (Å²) in [6.45, 7) is 7.46. The summed E-state index contributed by atoms with van der Waals surface area (Å²) < 4.78 is 5.74. The van der Waals surface area contributed by atoms with Crippen LogP contribution in [-0.2, 0) is 0 Å². The highest BCUT2D eigenvalue weighted by atomic mass is 16.5. The first-order valence-corrected chi connectivity index (χ1v) is 6.49. The molecule has 3 heteroatoms. The van der Waals surface area contributed by atoms with E-state index in [1.165, 1.54) is 13.0 Å². The second-order valence-corrected chi connectivity index (χ2v) is 4.60. The molecule has 3 nitrogen and oxygen atoms in total. The molecule has 1 aromatic rings. The predicted molar refractivity (Wildman–Crippen MR) is 70.5 cm³/mol. The highest BCUT2D eigenvalue weighted by Crippen LogP contribution is 2.09. The van der Waals surface area contributed by atoms with Crippen LogP contribution in [0.2, 0.25) is 0 Å². The van der Waals surface area contributed by atoms with E-state index >= 15 is 0 Å². The minimum atomic E-state index is 0.608. The van der Waals surface area contributed by atoms with Gasteiger partial charge in [0, 0.05) is 19.1 Å². The van der Waals surface area contributed by atoms with Crippen LogP contribution in [0.1, 0.15) is 13.3 Å². The Kier molecular flexibility index (Phi) is 4.83. The normalized spacial score (nSPS) is 22.1. The molecule has 1 saturated heterocycles. The molecule has 1 atom stereocenters. The standard InChI is InChI=1S/C14H22N2O/c1-13-12-15-8-5-9-16(13)10-11-17-14-6-3-2-4-7-14/h2-4,6-7,13,15H,5,8-12H2,1H3. The van der Waals surface area contributed by atoms with Crippen molar-refractivity contribution in [1.82, 2.24) is 10.2 Å². The van der Waals surface area contributed by atoms with Gasteiger partial charge in [-0.05, 0) is 38.6 Å². The molecule has 0 radical (unpaired) electrons. The van der Waals surface area contributed by atoms with Gasteiger partial charge in [-0.3, -0.25) is 4.90 Å². The SMILES string of the molecule is CC1CNCCCN1CCOc1ccccc1. The highest BCUT2D eigenvalue weighted by Gasteiger charge is 2.15. The zero-order chi connectivity index (χ0) is 11.9. The second kappa shape index (κ2) is 6.62. The summed E-state index contributed by atoms with van der Waals surface area (Å²) >= 11 is 0. The summed E-state index contributed by atoms with van der Waals surface area (Å²) in [5.74, 6) is 0.966. The van der Waals surface area contributed by atoms with E-state index in [1.54, 1.807) is 0 Å². The Bertz CT molecular complexity index is 315. The lowest BCUT2D eigenvalue weighted by atomic mass is 10.3. The van der Waals surface area contributed by atoms with Crippen LogP contribution in [0.4, 0.5) is 0 Å². The third kappa shape index (κ3) is 4.02. The zero-order valence-corrected chi connectivity index (χ0v) is 10.6. The topological polar surface area (TPSA) is 24.5 Å². The lowest BCUT2D eigenvalue weighted by molar-refractivity contribution is 0.176. The van der Waals surface area contributed by atoms with Crippen LogP contribution in [0.5, 0.6) is 5.75 Å². The molecule has 0 bridgehead atoms. The van der Waals surface area contributed by atoms with Crippen LogP contribution in [-0.4, -0.2) is 43.7 Å². The first-order valence-electron chi connectivity index (χ1n) is 6.49. The number of nitrogens with zero attached hydrogens (tertiary/aromatic N) is 1. The summed E-state index contributed by atoms with van der Waals surface area (Å²) in [6, 6.07) is 10.6. The minimum absolute atomic E-state index is 0.608. The van der Waals surface area contributed by atoms with E-state index in [1.807, 2.05) is 30.3 Å². The zero-order valence-electron chi connectivity index (χ0n) is 10.6. The van der Waals surface area contributed by atoms with Crippen molar-refractivity contribution in [2.45, 2.75) is 19.4 Å². The molecule has 2 rings (SSSR count). The molecule has 1 unspecified atom stereocenters. The second-order valence-electron chi connectivity index (χ2n) is 4.60. The third-order valence-electron chi connectivity index (χ3n) is 3.25. The van der Waals surface area contributed by atoms with Gasteiger partial charge < -0.3 is 10.1 Å². The van der Waals surface area contributed by atoms with Gasteiger partial charge >= 0.3 is 0 Å². The van der Waals surface area contributed by atoms with E-state index in [0.717, 1.165) is 32.0 Å². The van der Waals surface area contributed by atoms with Crippen molar-refractivity contribution in [3.05, 3.63) is 30.3 Å². The van der Waals surface area contributed by atoms with Crippen molar-refractivity contribution in [2.75, 3.05) is 32.8 Å². The van der Waals surface area contributed by atoms with Crippen LogP contribution in [0.25, 0.3) is 0 Å². The van der Waals surface area contributed by atoms with Crippen molar-refractivity contribution in [1.29, 1.82) is 0 Å². The minimum Gasteiger partial charge on any atom is -0.492 e. The number of rotatable bonds is 4. The van der Waals surface area contributed by atoms with Crippen LogP contribution in [0.15, 0.2) is 30.3 Å². The third-order valence-corrected chi connectivity index (χ3v) is 3.25. The maximum Gasteiger partial charge on any atom is 0.119 e. The number of para-hydroxylation sites is 1. The molecule has 1 aromatic carbocycles. The molecule has 17 heavy (non-hydrogen) atoms. The van der Waals surface area contributed by atoms with Crippen molar-refractivity contribution >= 4 is 0 Å². The van der Waals surface area contributed by atoms with Gasteiger partial charge in [0.05, 0.1) is 0 Å². The summed E-state index contributed by atoms with van der Waals surface area (Å²) in [5, 5.41) is 3.45. The van der Waals surface area contributed by atoms with Gasteiger partial charge in [0.25, 0.3) is 0 Å². The monoisotopic (exact) mass is 234 g/mol. The Morgan fingerprint density at radius 1 is 1.35 bits per heavy atom. The van der Waals surface area contributed by atoms with E-state index in [0.29, 0.717) is 6.04 Å². The molecule has 0 aliphatic carbocycles. The summed E-state index contributed by atoms with van der Waals surface area (Å²) in [6.07, 6.45) is 1.23. The van der Waals surface area contributed by atoms with Gasteiger partial charge in [-0.2, -0.15) is 0 Å². The van der Waals surface area contributed by atoms with Gasteiger partial charge in [-0.25, -0.2) is 0 Å². The van der Waals surface area contributed by atoms with Gasteiger partial charge in [0.1, 0.15) is 12.4 Å². The van der Waals surface area contributed by atoms with E-state index in [4.69, 9.17) is 4.74 Å². The first kappa shape index (κ1) is 12.4. The fourth-order valence-electron chi connectivity index (χ4n) is 2.20. The number of hydrogen-bond acceptors (Lipinski definition) is 3. The molecular weight excluding hydrogens is 212 g/mol. The lowest BCUT2D eigenvalue weighted by Crippen LogP contribution is -2.39. The maximum atomic E-state index is 5.74. The average Bonchev–Trinajstić information content (AvgIpc) is 2.56. The van der Waals surface area contributed by atoms with E-state index in [9.17, 15) is 0 Å². The maximum absolute atomic E-state index is 5.74. The molecule has 0 spiro atoms. The molecule has 1 aliphatic rings. The highest BCUT2D eigenvalue weighted by molar-refractivity contribution is 5.20. The van der Waals surface area contributed by atoms with Crippen molar-refractivity contribution in [3.63, 3.8) is 0 Å². The molecule has 0 saturated carbocycles. The van der Waals surface area contributed by atoms with Gasteiger partial charge in [-0.15, -0.1) is 0 Å². The van der Waals surface area contributed by atoms with Crippen molar-refractivity contribution in [2.24, 2.45) is 0 Å². The molecule has 1 aliphatic heterocycles. The van der Waals surface area contributed by atoms with E-state index < -0.39 is 0 Å². The predicted octanol–water partition coefficient (Wildman–Crippen LogP) is 1.75. The summed E-state index contributed by atoms with van der Waals surface area (Å²) in [5.41, 5.74) is 0. The van der Waals surface area contributed by atoms with Crippen LogP contribution in [0, 0.1) is 0 Å². The fourth-order valence-corrected chi connectivity index (χ4v) is 2.20. The average molecular weight is 234 g/mol. The number of nitrogens with one attached hydrogen (secondary N) is 1. The van der Waals surface area contributed by atoms with Crippen LogP contribution >= 0.6 is 0 Å². The fraction of sp³-hybridized carbons (Fsp3) is 0.571. The summed E-state index contributed by atoms with van der Waals surface area (Å²) in [4.78, 5) is 2.50.